The standard InChI is InChI=1S/C46H80NO8P/c1-6-8-10-12-14-16-18-20-22-23-25-26-28-30-32-34-36-38-45(48)52-42-44(43-54-56(50,51)53-41-40-47(3,4)5)55-46(49)39-37-35-33-31-29-27-24-21-19-17-15-13-11-9-7-2/h9,11,14-17,20-22,24-26,44H,6-8,10,12-13,18-19,23,27-43H2,1-5H3/b11-9-,16-14-,17-15-,22-20-,24-21-,26-25-/t44-/m1/s1. The van der Waals surface area contributed by atoms with Crippen LogP contribution in [0.5, 0.6) is 0 Å². The highest BCUT2D eigenvalue weighted by Gasteiger charge is 2.21. The third kappa shape index (κ3) is 41.1. The van der Waals surface area contributed by atoms with Gasteiger partial charge in [-0.05, 0) is 83.5 Å². The molecular weight excluding hydrogens is 725 g/mol. The molecule has 0 heterocycles. The first kappa shape index (κ1) is 53.5. The van der Waals surface area contributed by atoms with Gasteiger partial charge in [-0.25, -0.2) is 0 Å². The molecule has 56 heavy (non-hydrogen) atoms. The lowest BCUT2D eigenvalue weighted by Gasteiger charge is -2.28. The summed E-state index contributed by atoms with van der Waals surface area (Å²) in [6, 6.07) is 0. The second-order valence-corrected chi connectivity index (χ2v) is 16.7. The summed E-state index contributed by atoms with van der Waals surface area (Å²) in [6.07, 6.45) is 46.4. The van der Waals surface area contributed by atoms with Gasteiger partial charge in [0, 0.05) is 12.8 Å². The van der Waals surface area contributed by atoms with E-state index in [1.54, 1.807) is 0 Å². The molecule has 0 spiro atoms. The van der Waals surface area contributed by atoms with Gasteiger partial charge in [0.15, 0.2) is 6.10 Å². The van der Waals surface area contributed by atoms with Gasteiger partial charge < -0.3 is 27.9 Å². The maximum atomic E-state index is 12.7. The Hall–Kier alpha value is -2.55. The van der Waals surface area contributed by atoms with E-state index in [0.717, 1.165) is 89.9 Å². The summed E-state index contributed by atoms with van der Waals surface area (Å²) in [5.74, 6) is -0.887. The van der Waals surface area contributed by atoms with Gasteiger partial charge in [0.25, 0.3) is 7.82 Å². The lowest BCUT2D eigenvalue weighted by Crippen LogP contribution is -2.37. The molecule has 0 rings (SSSR count). The van der Waals surface area contributed by atoms with Crippen LogP contribution in [0.4, 0.5) is 0 Å². The molecule has 10 heteroatoms. The number of hydrogen-bond acceptors (Lipinski definition) is 8. The van der Waals surface area contributed by atoms with Crippen LogP contribution in [-0.4, -0.2) is 70.0 Å². The zero-order chi connectivity index (χ0) is 41.4. The summed E-state index contributed by atoms with van der Waals surface area (Å²) < 4.78 is 33.8. The number of unbranched alkanes of at least 4 members (excludes halogenated alkanes) is 12. The topological polar surface area (TPSA) is 111 Å². The molecule has 2 atom stereocenters. The van der Waals surface area contributed by atoms with E-state index >= 15 is 0 Å². The molecule has 0 aromatic carbocycles. The van der Waals surface area contributed by atoms with Crippen LogP contribution in [0.15, 0.2) is 72.9 Å². The Morgan fingerprint density at radius 3 is 1.52 bits per heavy atom. The van der Waals surface area contributed by atoms with Gasteiger partial charge in [0.1, 0.15) is 19.8 Å². The van der Waals surface area contributed by atoms with Crippen LogP contribution in [0.3, 0.4) is 0 Å². The molecule has 0 radical (unpaired) electrons. The number of likely N-dealkylation sites (N-methyl/N-ethyl adjacent to an activating group) is 1. The number of phosphoric acid groups is 1. The van der Waals surface area contributed by atoms with Crippen LogP contribution in [0.1, 0.15) is 155 Å². The van der Waals surface area contributed by atoms with Crippen molar-refractivity contribution in [1.82, 2.24) is 0 Å². The maximum absolute atomic E-state index is 12.7. The van der Waals surface area contributed by atoms with Crippen molar-refractivity contribution < 1.29 is 42.1 Å². The van der Waals surface area contributed by atoms with E-state index < -0.39 is 32.5 Å². The quantitative estimate of drug-likeness (QED) is 0.0199. The molecule has 0 saturated heterocycles. The average molecular weight is 806 g/mol. The molecule has 0 aromatic heterocycles. The first-order valence-corrected chi connectivity index (χ1v) is 23.1. The molecule has 0 aliphatic carbocycles. The van der Waals surface area contributed by atoms with Crippen molar-refractivity contribution in [3.63, 3.8) is 0 Å². The minimum absolute atomic E-state index is 0.0421. The van der Waals surface area contributed by atoms with E-state index in [0.29, 0.717) is 23.9 Å². The van der Waals surface area contributed by atoms with Gasteiger partial charge in [-0.3, -0.25) is 14.2 Å². The fourth-order valence-electron chi connectivity index (χ4n) is 5.32. The number of nitrogens with zero attached hydrogens (tertiary/aromatic N) is 1. The van der Waals surface area contributed by atoms with Crippen molar-refractivity contribution in [3.05, 3.63) is 72.9 Å². The summed E-state index contributed by atoms with van der Waals surface area (Å²) in [6.45, 7) is 4.02. The van der Waals surface area contributed by atoms with E-state index in [2.05, 4.69) is 86.8 Å². The Labute approximate surface area is 342 Å². The zero-order valence-electron chi connectivity index (χ0n) is 36.1. The number of allylic oxidation sites excluding steroid dienone is 12. The number of rotatable bonds is 38. The first-order valence-electron chi connectivity index (χ1n) is 21.6. The lowest BCUT2D eigenvalue weighted by atomic mass is 10.1. The Bertz CT molecular complexity index is 1180. The van der Waals surface area contributed by atoms with E-state index in [1.807, 2.05) is 21.1 Å². The van der Waals surface area contributed by atoms with Crippen LogP contribution in [0.25, 0.3) is 0 Å². The predicted octanol–water partition coefficient (Wildman–Crippen LogP) is 11.6. The molecule has 0 fully saturated rings. The van der Waals surface area contributed by atoms with Crippen LogP contribution < -0.4 is 4.89 Å². The molecule has 0 bridgehead atoms. The van der Waals surface area contributed by atoms with Gasteiger partial charge in [-0.2, -0.15) is 0 Å². The largest absolute Gasteiger partial charge is 0.756 e. The van der Waals surface area contributed by atoms with Crippen molar-refractivity contribution in [2.45, 2.75) is 161 Å². The van der Waals surface area contributed by atoms with Crippen LogP contribution in [0, 0.1) is 0 Å². The number of ether oxygens (including phenoxy) is 2. The maximum Gasteiger partial charge on any atom is 0.306 e. The van der Waals surface area contributed by atoms with Gasteiger partial charge in [-0.1, -0.05) is 132 Å². The zero-order valence-corrected chi connectivity index (χ0v) is 36.9. The van der Waals surface area contributed by atoms with Gasteiger partial charge in [0.2, 0.25) is 0 Å². The fraction of sp³-hybridized carbons (Fsp3) is 0.696. The molecule has 9 nitrogen and oxygen atoms in total. The highest BCUT2D eigenvalue weighted by Crippen LogP contribution is 2.38. The fourth-order valence-corrected chi connectivity index (χ4v) is 6.05. The van der Waals surface area contributed by atoms with Crippen LogP contribution >= 0.6 is 7.82 Å². The van der Waals surface area contributed by atoms with Gasteiger partial charge >= 0.3 is 11.9 Å². The van der Waals surface area contributed by atoms with Crippen LogP contribution in [-0.2, 0) is 32.7 Å². The van der Waals surface area contributed by atoms with Crippen LogP contribution in [0.2, 0.25) is 0 Å². The summed E-state index contributed by atoms with van der Waals surface area (Å²) >= 11 is 0. The Morgan fingerprint density at radius 1 is 0.571 bits per heavy atom. The number of phosphoric ester groups is 1. The lowest BCUT2D eigenvalue weighted by molar-refractivity contribution is -0.870. The molecule has 0 aliphatic heterocycles. The molecular formula is C46H80NO8P. The molecule has 0 aromatic rings. The highest BCUT2D eigenvalue weighted by atomic mass is 31.2. The third-order valence-corrected chi connectivity index (χ3v) is 9.67. The molecule has 0 aliphatic rings. The van der Waals surface area contributed by atoms with Crippen molar-refractivity contribution in [3.8, 4) is 0 Å². The van der Waals surface area contributed by atoms with E-state index in [9.17, 15) is 19.0 Å². The summed E-state index contributed by atoms with van der Waals surface area (Å²) in [5.41, 5.74) is 0. The number of carbonyl (C=O) groups is 2. The van der Waals surface area contributed by atoms with E-state index in [4.69, 9.17) is 18.5 Å². The van der Waals surface area contributed by atoms with Crippen molar-refractivity contribution >= 4 is 19.8 Å². The average Bonchev–Trinajstić information content (AvgIpc) is 3.15. The van der Waals surface area contributed by atoms with Crippen molar-refractivity contribution in [1.29, 1.82) is 0 Å². The van der Waals surface area contributed by atoms with E-state index in [1.165, 1.54) is 25.7 Å². The number of esters is 2. The Balaban J connectivity index is 4.45. The SMILES string of the molecule is CC/C=C\C/C=C\C/C=C\CCCCCCCC(=O)O[C@H](COC(=O)CCCCCC/C=C\C/C=C\C/C=C\CCCCC)COP(=O)([O-])OCC[N+](C)(C)C. The normalized spacial score (nSPS) is 14.3. The van der Waals surface area contributed by atoms with Gasteiger partial charge in [0.05, 0.1) is 27.7 Å². The minimum atomic E-state index is -4.64. The Kier molecular flexibility index (Phi) is 36.3. The number of hydrogen-bond donors (Lipinski definition) is 0. The molecule has 0 saturated carbocycles. The first-order chi connectivity index (χ1) is 27.0. The number of quaternary nitrogens is 1. The monoisotopic (exact) mass is 806 g/mol. The molecule has 0 N–H and O–H groups in total. The van der Waals surface area contributed by atoms with Gasteiger partial charge in [-0.15, -0.1) is 0 Å². The number of carbonyl (C=O) groups excluding carboxylic acids is 2. The van der Waals surface area contributed by atoms with E-state index in [-0.39, 0.29) is 26.1 Å². The summed E-state index contributed by atoms with van der Waals surface area (Å²) in [7, 11) is 1.13. The third-order valence-electron chi connectivity index (χ3n) is 8.71. The minimum Gasteiger partial charge on any atom is -0.756 e. The molecule has 0 amide bonds. The second kappa shape index (κ2) is 38.0. The molecule has 1 unspecified atom stereocenters. The van der Waals surface area contributed by atoms with Crippen molar-refractivity contribution in [2.24, 2.45) is 0 Å². The highest BCUT2D eigenvalue weighted by molar-refractivity contribution is 7.45. The Morgan fingerprint density at radius 2 is 1.02 bits per heavy atom. The van der Waals surface area contributed by atoms with Crippen molar-refractivity contribution in [2.75, 3.05) is 47.5 Å². The smallest absolute Gasteiger partial charge is 0.306 e. The predicted molar refractivity (Wildman–Crippen MR) is 231 cm³/mol. The summed E-state index contributed by atoms with van der Waals surface area (Å²) in [4.78, 5) is 37.5. The molecule has 322 valence electrons. The second-order valence-electron chi connectivity index (χ2n) is 15.3. The summed E-state index contributed by atoms with van der Waals surface area (Å²) in [5, 5.41) is 0.